The predicted octanol–water partition coefficient (Wildman–Crippen LogP) is 6.78. The molecule has 13 heteroatoms. The number of benzene rings is 1. The predicted molar refractivity (Wildman–Crippen MR) is 281 cm³/mol. The summed E-state index contributed by atoms with van der Waals surface area (Å²) in [6.07, 6.45) is 29.6. The minimum atomic E-state index is -2.27. The number of fused-ring (bicyclic) bond motifs is 5. The second-order valence-electron chi connectivity index (χ2n) is 23.5. The fourth-order valence-electron chi connectivity index (χ4n) is 15.6. The summed E-state index contributed by atoms with van der Waals surface area (Å²) >= 11 is 0. The van der Waals surface area contributed by atoms with Crippen LogP contribution in [0.2, 0.25) is 0 Å². The number of hydrogen-bond acceptors (Lipinski definition) is 13. The first-order valence-electron chi connectivity index (χ1n) is 27.6. The van der Waals surface area contributed by atoms with Gasteiger partial charge < -0.3 is 52.0 Å². The molecule has 390 valence electrons. The van der Waals surface area contributed by atoms with Gasteiger partial charge in [0, 0.05) is 48.4 Å². The lowest BCUT2D eigenvalue weighted by molar-refractivity contribution is -0.170. The fourth-order valence-corrected chi connectivity index (χ4v) is 15.6. The van der Waals surface area contributed by atoms with E-state index in [1.54, 1.807) is 6.07 Å². The van der Waals surface area contributed by atoms with E-state index in [-0.39, 0.29) is 72.2 Å². The number of nitrogens with two attached hydrogens (primary N) is 1. The highest BCUT2D eigenvalue weighted by atomic mass is 16.7. The Morgan fingerprint density at radius 1 is 1.04 bits per heavy atom. The summed E-state index contributed by atoms with van der Waals surface area (Å²) in [7, 11) is 1.96. The van der Waals surface area contributed by atoms with E-state index in [2.05, 4.69) is 83.0 Å². The van der Waals surface area contributed by atoms with Crippen LogP contribution in [0, 0.1) is 40.9 Å². The maximum absolute atomic E-state index is 16.1. The van der Waals surface area contributed by atoms with Crippen molar-refractivity contribution in [3.8, 4) is 0 Å². The highest BCUT2D eigenvalue weighted by Gasteiger charge is 2.86. The van der Waals surface area contributed by atoms with Gasteiger partial charge in [-0.05, 0) is 172 Å². The van der Waals surface area contributed by atoms with Gasteiger partial charge in [-0.25, -0.2) is 4.79 Å². The fraction of sp³-hybridized carbons (Fsp3) is 0.583. The Morgan fingerprint density at radius 3 is 2.68 bits per heavy atom. The number of aliphatic hydroxyl groups excluding tert-OH is 2. The van der Waals surface area contributed by atoms with Crippen molar-refractivity contribution in [3.05, 3.63) is 129 Å². The number of ether oxygens (including phenoxy) is 2. The molecular weight excluding hydrogens is 917 g/mol. The first-order chi connectivity index (χ1) is 35.3. The Morgan fingerprint density at radius 2 is 1.90 bits per heavy atom. The Kier molecular flexibility index (Phi) is 13.5. The van der Waals surface area contributed by atoms with Crippen molar-refractivity contribution in [3.63, 3.8) is 0 Å². The quantitative estimate of drug-likeness (QED) is 0.0446. The van der Waals surface area contributed by atoms with E-state index < -0.39 is 40.4 Å². The molecule has 13 nitrogen and oxygen atoms in total. The number of nitrogens with one attached hydrogen (secondary N) is 5. The van der Waals surface area contributed by atoms with E-state index in [0.29, 0.717) is 68.2 Å². The van der Waals surface area contributed by atoms with E-state index in [1.807, 2.05) is 38.4 Å². The third-order valence-electron chi connectivity index (χ3n) is 19.2. The van der Waals surface area contributed by atoms with Crippen LogP contribution in [0.1, 0.15) is 131 Å². The molecule has 6 bridgehead atoms. The van der Waals surface area contributed by atoms with Crippen molar-refractivity contribution in [1.29, 1.82) is 0 Å². The van der Waals surface area contributed by atoms with Gasteiger partial charge in [0.1, 0.15) is 11.9 Å². The molecular formula is C60H78N6O7. The average molecular weight is 995 g/mol. The van der Waals surface area contributed by atoms with Gasteiger partial charge in [0.05, 0.1) is 18.9 Å². The molecule has 73 heavy (non-hydrogen) atoms. The molecule has 0 radical (unpaired) electrons. The first kappa shape index (κ1) is 50.3. The van der Waals surface area contributed by atoms with E-state index in [9.17, 15) is 10.2 Å². The van der Waals surface area contributed by atoms with Crippen molar-refractivity contribution >= 4 is 17.5 Å². The smallest absolute Gasteiger partial charge is 0.350 e. The Labute approximate surface area is 431 Å². The van der Waals surface area contributed by atoms with Gasteiger partial charge in [0.2, 0.25) is 5.78 Å². The molecule has 0 aromatic heterocycles. The van der Waals surface area contributed by atoms with Crippen LogP contribution in [0.25, 0.3) is 0 Å². The normalized spacial score (nSPS) is 38.3. The number of dihydropyridines is 2. The van der Waals surface area contributed by atoms with E-state index in [1.165, 1.54) is 16.7 Å². The molecule has 13 atom stereocenters. The number of carbonyl (C=O) groups is 3. The van der Waals surface area contributed by atoms with Crippen LogP contribution < -0.4 is 32.3 Å². The minimum absolute atomic E-state index is 0.0235. The molecule has 5 aliphatic carbocycles. The monoisotopic (exact) mass is 995 g/mol. The number of esters is 1. The standard InChI is InChI=1S/C60H78N6O7/c1-5-65-58-26-22-39(24-28-67)52-51(58)45-18-17-37(43-12-6-10-41(31-58)49(43)45)11-8-25-57(3,29-36-15-20-47(61)64-33-36)30-40-9-7-13-46-50(40)54(70)60(56(71)72-52)59(73-60,53(46)69)32-42(34-68)35(2)14-16-38-23-27-63-55-44(38)19-21-48(62-4)66-55/h6-7,9-10,13,15,17-18,20,23,31,33,37,39,43,45,47-49,51-52,62-68H,5,8,11-12,14,16,19,21-22,24-30,32,34,61H2,1-4H3/b42-35-/t37-,39-,43+,45-,47?,48-,49+,51-,52-,57+,58+,59+,60+/m1/s1. The summed E-state index contributed by atoms with van der Waals surface area (Å²) in [4.78, 5) is 47.8. The molecule has 11 aliphatic rings. The van der Waals surface area contributed by atoms with Gasteiger partial charge >= 0.3 is 5.97 Å². The Bertz CT molecular complexity index is 2680. The minimum Gasteiger partial charge on any atom is -0.459 e. The number of aliphatic hydroxyl groups is 2. The second-order valence-corrected chi connectivity index (χ2v) is 23.5. The second kappa shape index (κ2) is 19.7. The molecule has 9 N–H and O–H groups in total. The average Bonchev–Trinajstić information content (AvgIpc) is 4.11. The van der Waals surface area contributed by atoms with Crippen molar-refractivity contribution in [1.82, 2.24) is 26.6 Å². The van der Waals surface area contributed by atoms with Crippen LogP contribution in [-0.2, 0) is 20.7 Å². The van der Waals surface area contributed by atoms with E-state index >= 15 is 14.4 Å². The van der Waals surface area contributed by atoms with Crippen molar-refractivity contribution in [2.75, 3.05) is 33.4 Å². The molecule has 2 fully saturated rings. The lowest BCUT2D eigenvalue weighted by Crippen LogP contribution is -2.65. The molecule has 6 aliphatic heterocycles. The highest BCUT2D eigenvalue weighted by Crippen LogP contribution is 2.63. The zero-order valence-corrected chi connectivity index (χ0v) is 43.4. The van der Waals surface area contributed by atoms with Crippen LogP contribution in [0.3, 0.4) is 0 Å². The maximum atomic E-state index is 16.1. The summed E-state index contributed by atoms with van der Waals surface area (Å²) < 4.78 is 13.9. The highest BCUT2D eigenvalue weighted by molar-refractivity contribution is 6.33. The first-order valence-corrected chi connectivity index (χ1v) is 27.6. The van der Waals surface area contributed by atoms with Crippen LogP contribution in [0.4, 0.5) is 0 Å². The van der Waals surface area contributed by atoms with Crippen molar-refractivity contribution in [2.24, 2.45) is 46.7 Å². The van der Waals surface area contributed by atoms with Gasteiger partial charge in [0.25, 0.3) is 5.60 Å². The SMILES string of the molecule is CCN[C@]12C=C3C=CC[C@@H]4[C@H]3[C@H]3C=C[C@H]4CCC[C@@](C)(CC4=CNC(N)C=C4)Cc4cccc5c4C(=O)[C@]4(O[C@@]4(C/C(CO)=C(\C)CCC4=CCNC6=C4CC[C@H](NC)N6)C5=O)C(=O)O[C@H]([C@@H](CCO)CC1)[C@@H]32. The van der Waals surface area contributed by atoms with Gasteiger partial charge in [-0.3, -0.25) is 9.59 Å². The number of likely N-dealkylation sites (N-methyl/N-ethyl adjacent to an activating group) is 1. The van der Waals surface area contributed by atoms with E-state index in [0.717, 1.165) is 68.3 Å². The van der Waals surface area contributed by atoms with Crippen molar-refractivity contribution in [2.45, 2.75) is 146 Å². The molecule has 1 spiro atoms. The number of epoxide rings is 1. The van der Waals surface area contributed by atoms with Crippen LogP contribution in [0.15, 0.2) is 112 Å². The number of hydrogen-bond donors (Lipinski definition) is 8. The third kappa shape index (κ3) is 8.49. The molecule has 1 saturated carbocycles. The number of carbonyl (C=O) groups excluding carboxylic acids is 3. The molecule has 1 aromatic carbocycles. The number of Topliss-reactive ketones (excluding diaryl/α,β-unsaturated/α-hetero) is 2. The summed E-state index contributed by atoms with van der Waals surface area (Å²) in [5.41, 5.74) is 8.76. The lowest BCUT2D eigenvalue weighted by atomic mass is 9.49. The zero-order chi connectivity index (χ0) is 50.9. The van der Waals surface area contributed by atoms with Gasteiger partial charge in [-0.15, -0.1) is 0 Å². The topological polar surface area (TPSA) is 200 Å². The molecule has 6 heterocycles. The number of rotatable bonds is 13. The molecule has 1 aromatic rings. The Hall–Kier alpha value is -4.89. The van der Waals surface area contributed by atoms with Crippen LogP contribution >= 0.6 is 0 Å². The van der Waals surface area contributed by atoms with Crippen molar-refractivity contribution < 1.29 is 34.1 Å². The summed E-state index contributed by atoms with van der Waals surface area (Å²) in [5.74, 6) is -0.213. The molecule has 1 saturated heterocycles. The van der Waals surface area contributed by atoms with Crippen LogP contribution in [0.5, 0.6) is 0 Å². The summed E-state index contributed by atoms with van der Waals surface area (Å²) in [6, 6.07) is 5.52. The molecule has 0 amide bonds. The summed E-state index contributed by atoms with van der Waals surface area (Å²) in [6.45, 7) is 7.36. The molecule has 1 unspecified atom stereocenters. The largest absolute Gasteiger partial charge is 0.459 e. The molecule has 12 rings (SSSR count). The number of ketones is 2. The van der Waals surface area contributed by atoms with Gasteiger partial charge in [0.15, 0.2) is 11.4 Å². The van der Waals surface area contributed by atoms with Gasteiger partial charge in [-0.1, -0.05) is 86.6 Å². The Balaban J connectivity index is 1.02. The zero-order valence-electron chi connectivity index (χ0n) is 43.4. The summed E-state index contributed by atoms with van der Waals surface area (Å²) in [5, 5.41) is 39.5. The maximum Gasteiger partial charge on any atom is 0.350 e. The third-order valence-corrected chi connectivity index (χ3v) is 19.2. The van der Waals surface area contributed by atoms with E-state index in [4.69, 9.17) is 15.2 Å². The lowest BCUT2D eigenvalue weighted by Gasteiger charge is -2.59. The van der Waals surface area contributed by atoms with Gasteiger partial charge in [-0.2, -0.15) is 0 Å². The number of allylic oxidation sites excluding steroid dienone is 10. The van der Waals surface area contributed by atoms with Crippen LogP contribution in [-0.4, -0.2) is 96.3 Å².